The Labute approximate surface area is 57.0 Å². The molecule has 0 aromatic carbocycles. The van der Waals surface area contributed by atoms with Crippen LogP contribution >= 0.6 is 0 Å². The van der Waals surface area contributed by atoms with E-state index in [1.165, 1.54) is 19.3 Å². The van der Waals surface area contributed by atoms with Crippen molar-refractivity contribution in [2.24, 2.45) is 17.3 Å². The van der Waals surface area contributed by atoms with Gasteiger partial charge >= 0.3 is 0 Å². The molecule has 0 amide bonds. The molecule has 2 aliphatic rings. The van der Waals surface area contributed by atoms with Gasteiger partial charge in [-0.25, -0.2) is 0 Å². The van der Waals surface area contributed by atoms with Gasteiger partial charge in [-0.2, -0.15) is 0 Å². The molecule has 0 N–H and O–H groups in total. The molecule has 0 aliphatic heterocycles. The average Bonchev–Trinajstić information content (AvgIpc) is 2.61. The predicted molar refractivity (Wildman–Crippen MR) is 39.1 cm³/mol. The van der Waals surface area contributed by atoms with E-state index in [4.69, 9.17) is 0 Å². The van der Waals surface area contributed by atoms with Crippen LogP contribution < -0.4 is 0 Å². The van der Waals surface area contributed by atoms with Crippen LogP contribution in [-0.4, -0.2) is 0 Å². The maximum absolute atomic E-state index is 3.83. The van der Waals surface area contributed by atoms with Crippen molar-refractivity contribution in [3.63, 3.8) is 0 Å². The van der Waals surface area contributed by atoms with E-state index in [1.807, 2.05) is 0 Å². The lowest BCUT2D eigenvalue weighted by Crippen LogP contribution is -2.26. The zero-order valence-electron chi connectivity index (χ0n) is 6.06. The van der Waals surface area contributed by atoms with Gasteiger partial charge in [0.1, 0.15) is 0 Å². The number of hydrogen-bond donors (Lipinski definition) is 0. The molecular weight excluding hydrogens is 108 g/mol. The molecular formula is C9H14. The number of allylic oxidation sites excluding steroid dienone is 1. The zero-order valence-corrected chi connectivity index (χ0v) is 6.06. The fourth-order valence-corrected chi connectivity index (χ4v) is 2.33. The Morgan fingerprint density at radius 3 is 2.56 bits per heavy atom. The van der Waals surface area contributed by atoms with Crippen LogP contribution in [0.3, 0.4) is 0 Å². The van der Waals surface area contributed by atoms with Crippen LogP contribution in [0.25, 0.3) is 0 Å². The van der Waals surface area contributed by atoms with Gasteiger partial charge in [0.15, 0.2) is 0 Å². The summed E-state index contributed by atoms with van der Waals surface area (Å²) in [4.78, 5) is 0. The highest BCUT2D eigenvalue weighted by atomic mass is 14.6. The highest BCUT2D eigenvalue weighted by Gasteiger charge is 2.60. The van der Waals surface area contributed by atoms with Gasteiger partial charge < -0.3 is 0 Å². The summed E-state index contributed by atoms with van der Waals surface area (Å²) in [7, 11) is 0. The third kappa shape index (κ3) is 0.493. The summed E-state index contributed by atoms with van der Waals surface area (Å²) in [6.45, 7) is 6.22. The lowest BCUT2D eigenvalue weighted by Gasteiger charge is -2.35. The standard InChI is InChI=1S/C9H14/c1-3-8-6-9(8)5-4-7(9)2/h3,7-8H,1,4-6H2,2H3. The average molecular weight is 122 g/mol. The zero-order chi connectivity index (χ0) is 6.48. The summed E-state index contributed by atoms with van der Waals surface area (Å²) in [5, 5.41) is 0. The van der Waals surface area contributed by atoms with Crippen molar-refractivity contribution >= 4 is 0 Å². The highest BCUT2D eigenvalue weighted by molar-refractivity contribution is 5.16. The summed E-state index contributed by atoms with van der Waals surface area (Å²) in [5.74, 6) is 1.89. The number of rotatable bonds is 1. The normalized spacial score (nSPS) is 54.8. The summed E-state index contributed by atoms with van der Waals surface area (Å²) < 4.78 is 0. The minimum atomic E-state index is 0.780. The van der Waals surface area contributed by atoms with Gasteiger partial charge in [-0.05, 0) is 36.5 Å². The summed E-state index contributed by atoms with van der Waals surface area (Å²) in [5.41, 5.74) is 0.780. The van der Waals surface area contributed by atoms with E-state index in [0.717, 1.165) is 17.3 Å². The van der Waals surface area contributed by atoms with Crippen LogP contribution in [-0.2, 0) is 0 Å². The minimum Gasteiger partial charge on any atom is -0.103 e. The van der Waals surface area contributed by atoms with E-state index in [2.05, 4.69) is 19.6 Å². The van der Waals surface area contributed by atoms with Crippen LogP contribution in [0.4, 0.5) is 0 Å². The van der Waals surface area contributed by atoms with Gasteiger partial charge in [0, 0.05) is 0 Å². The first-order valence-corrected chi connectivity index (χ1v) is 3.92. The van der Waals surface area contributed by atoms with E-state index >= 15 is 0 Å². The van der Waals surface area contributed by atoms with Gasteiger partial charge in [0.2, 0.25) is 0 Å². The maximum atomic E-state index is 3.83. The largest absolute Gasteiger partial charge is 0.103 e. The fourth-order valence-electron chi connectivity index (χ4n) is 2.33. The van der Waals surface area contributed by atoms with Crippen molar-refractivity contribution in [2.75, 3.05) is 0 Å². The van der Waals surface area contributed by atoms with Gasteiger partial charge in [0.05, 0.1) is 0 Å². The van der Waals surface area contributed by atoms with Crippen LogP contribution in [0.5, 0.6) is 0 Å². The predicted octanol–water partition coefficient (Wildman–Crippen LogP) is 2.61. The molecule has 2 saturated carbocycles. The molecule has 3 unspecified atom stereocenters. The molecule has 0 aromatic rings. The fraction of sp³-hybridized carbons (Fsp3) is 0.778. The first-order valence-electron chi connectivity index (χ1n) is 3.92. The van der Waals surface area contributed by atoms with E-state index in [9.17, 15) is 0 Å². The van der Waals surface area contributed by atoms with E-state index in [0.29, 0.717) is 0 Å². The van der Waals surface area contributed by atoms with Crippen LogP contribution in [0.2, 0.25) is 0 Å². The lowest BCUT2D eigenvalue weighted by molar-refractivity contribution is 0.156. The molecule has 0 bridgehead atoms. The molecule has 0 radical (unpaired) electrons. The number of hydrogen-bond acceptors (Lipinski definition) is 0. The van der Waals surface area contributed by atoms with E-state index in [1.54, 1.807) is 0 Å². The highest BCUT2D eigenvalue weighted by Crippen LogP contribution is 2.68. The molecule has 3 atom stereocenters. The molecule has 9 heavy (non-hydrogen) atoms. The molecule has 1 spiro atoms. The van der Waals surface area contributed by atoms with Crippen molar-refractivity contribution in [3.8, 4) is 0 Å². The van der Waals surface area contributed by atoms with Gasteiger partial charge in [0.25, 0.3) is 0 Å². The van der Waals surface area contributed by atoms with Crippen molar-refractivity contribution in [3.05, 3.63) is 12.7 Å². The summed E-state index contributed by atoms with van der Waals surface area (Å²) in [6.07, 6.45) is 6.53. The molecule has 0 nitrogen and oxygen atoms in total. The molecule has 2 rings (SSSR count). The van der Waals surface area contributed by atoms with E-state index < -0.39 is 0 Å². The Morgan fingerprint density at radius 1 is 1.67 bits per heavy atom. The second kappa shape index (κ2) is 1.42. The topological polar surface area (TPSA) is 0 Å². The SMILES string of the molecule is C=CC1CC12CCC2C. The van der Waals surface area contributed by atoms with Crippen molar-refractivity contribution in [1.82, 2.24) is 0 Å². The van der Waals surface area contributed by atoms with Crippen LogP contribution in [0.1, 0.15) is 26.2 Å². The van der Waals surface area contributed by atoms with Gasteiger partial charge in [-0.1, -0.05) is 13.0 Å². The van der Waals surface area contributed by atoms with Crippen molar-refractivity contribution in [1.29, 1.82) is 0 Å². The lowest BCUT2D eigenvalue weighted by atomic mass is 9.70. The third-order valence-electron chi connectivity index (χ3n) is 3.49. The Bertz CT molecular complexity index is 148. The quantitative estimate of drug-likeness (QED) is 0.469. The first-order chi connectivity index (χ1) is 4.29. The van der Waals surface area contributed by atoms with Crippen molar-refractivity contribution in [2.45, 2.75) is 26.2 Å². The molecule has 2 fully saturated rings. The second-order valence-corrected chi connectivity index (χ2v) is 3.72. The Morgan fingerprint density at radius 2 is 2.44 bits per heavy atom. The molecule has 0 saturated heterocycles. The first kappa shape index (κ1) is 5.52. The molecule has 0 aromatic heterocycles. The van der Waals surface area contributed by atoms with Crippen LogP contribution in [0, 0.1) is 17.3 Å². The smallest absolute Gasteiger partial charge is 0.0171 e. The summed E-state index contributed by atoms with van der Waals surface area (Å²) in [6, 6.07) is 0. The molecule has 0 heterocycles. The van der Waals surface area contributed by atoms with Gasteiger partial charge in [-0.15, -0.1) is 6.58 Å². The third-order valence-corrected chi connectivity index (χ3v) is 3.49. The van der Waals surface area contributed by atoms with Crippen molar-refractivity contribution < 1.29 is 0 Å². The molecule has 0 heteroatoms. The monoisotopic (exact) mass is 122 g/mol. The Kier molecular flexibility index (Phi) is 0.870. The maximum Gasteiger partial charge on any atom is -0.0171 e. The Balaban J connectivity index is 2.06. The second-order valence-electron chi connectivity index (χ2n) is 3.72. The molecule has 2 aliphatic carbocycles. The van der Waals surface area contributed by atoms with Crippen LogP contribution in [0.15, 0.2) is 12.7 Å². The summed E-state index contributed by atoms with van der Waals surface area (Å²) >= 11 is 0. The minimum absolute atomic E-state index is 0.780. The van der Waals surface area contributed by atoms with E-state index in [-0.39, 0.29) is 0 Å². The van der Waals surface area contributed by atoms with Gasteiger partial charge in [-0.3, -0.25) is 0 Å². The molecule has 50 valence electrons. The Hall–Kier alpha value is -0.260.